The summed E-state index contributed by atoms with van der Waals surface area (Å²) in [6.45, 7) is 1.79. The lowest BCUT2D eigenvalue weighted by molar-refractivity contribution is 0.0464. The van der Waals surface area contributed by atoms with Gasteiger partial charge in [-0.1, -0.05) is 6.07 Å². The van der Waals surface area contributed by atoms with E-state index in [1.807, 2.05) is 0 Å². The van der Waals surface area contributed by atoms with E-state index in [-0.39, 0.29) is 0 Å². The second-order valence-electron chi connectivity index (χ2n) is 5.40. The van der Waals surface area contributed by atoms with Crippen molar-refractivity contribution in [1.82, 2.24) is 0 Å². The first-order valence-corrected chi connectivity index (χ1v) is 7.82. The zero-order valence-corrected chi connectivity index (χ0v) is 15.1. The van der Waals surface area contributed by atoms with E-state index in [9.17, 15) is 5.11 Å². The van der Waals surface area contributed by atoms with Crippen molar-refractivity contribution in [2.45, 2.75) is 19.1 Å². The lowest BCUT2D eigenvalue weighted by atomic mass is 10.0. The van der Waals surface area contributed by atoms with Gasteiger partial charge in [0.2, 0.25) is 0 Å². The van der Waals surface area contributed by atoms with Crippen LogP contribution in [0, 0.1) is 0 Å². The Bertz CT molecular complexity index is 700. The molecule has 2 unspecified atom stereocenters. The summed E-state index contributed by atoms with van der Waals surface area (Å²) in [6, 6.07) is 10.5. The summed E-state index contributed by atoms with van der Waals surface area (Å²) < 4.78 is 26.8. The zero-order chi connectivity index (χ0) is 18.4. The van der Waals surface area contributed by atoms with Crippen LogP contribution in [-0.2, 0) is 0 Å². The van der Waals surface area contributed by atoms with Gasteiger partial charge < -0.3 is 28.8 Å². The first-order chi connectivity index (χ1) is 12.0. The first kappa shape index (κ1) is 18.7. The SMILES string of the molecule is COc1ccc(OC(C)C(O)c2ccc(OC)c(OC)c2)cc1OC. The van der Waals surface area contributed by atoms with Crippen molar-refractivity contribution in [1.29, 1.82) is 0 Å². The maximum Gasteiger partial charge on any atom is 0.164 e. The van der Waals surface area contributed by atoms with Crippen LogP contribution < -0.4 is 23.7 Å². The molecule has 0 aliphatic heterocycles. The van der Waals surface area contributed by atoms with E-state index in [4.69, 9.17) is 23.7 Å². The third kappa shape index (κ3) is 4.28. The topological polar surface area (TPSA) is 66.4 Å². The van der Waals surface area contributed by atoms with Gasteiger partial charge in [-0.3, -0.25) is 0 Å². The third-order valence-electron chi connectivity index (χ3n) is 3.87. The Labute approximate surface area is 147 Å². The Morgan fingerprint density at radius 3 is 1.80 bits per heavy atom. The second kappa shape index (κ2) is 8.48. The number of ether oxygens (including phenoxy) is 5. The Hall–Kier alpha value is -2.60. The predicted octanol–water partition coefficient (Wildman–Crippen LogP) is 3.22. The molecule has 2 aromatic rings. The van der Waals surface area contributed by atoms with Crippen molar-refractivity contribution >= 4 is 0 Å². The van der Waals surface area contributed by atoms with Crippen LogP contribution in [0.2, 0.25) is 0 Å². The molecule has 2 atom stereocenters. The van der Waals surface area contributed by atoms with E-state index in [2.05, 4.69) is 0 Å². The average Bonchev–Trinajstić information content (AvgIpc) is 2.66. The molecule has 0 heterocycles. The highest BCUT2D eigenvalue weighted by Crippen LogP contribution is 2.34. The normalized spacial score (nSPS) is 12.9. The monoisotopic (exact) mass is 348 g/mol. The Morgan fingerprint density at radius 1 is 0.720 bits per heavy atom. The van der Waals surface area contributed by atoms with Crippen LogP contribution in [0.25, 0.3) is 0 Å². The number of aliphatic hydroxyl groups is 1. The number of benzene rings is 2. The van der Waals surface area contributed by atoms with E-state index < -0.39 is 12.2 Å². The molecule has 0 aliphatic rings. The van der Waals surface area contributed by atoms with Gasteiger partial charge in [-0.25, -0.2) is 0 Å². The molecular formula is C19H24O6. The molecule has 2 rings (SSSR count). The highest BCUT2D eigenvalue weighted by atomic mass is 16.5. The molecule has 25 heavy (non-hydrogen) atoms. The van der Waals surface area contributed by atoms with E-state index in [1.165, 1.54) is 0 Å². The summed E-state index contributed by atoms with van der Waals surface area (Å²) in [6.07, 6.45) is -1.33. The number of hydrogen-bond donors (Lipinski definition) is 1. The van der Waals surface area contributed by atoms with Crippen molar-refractivity contribution in [3.63, 3.8) is 0 Å². The Kier molecular flexibility index (Phi) is 6.36. The maximum absolute atomic E-state index is 10.6. The standard InChI is InChI=1S/C19H24O6/c1-12(25-14-7-9-16(22-3)18(11-14)24-5)19(20)13-6-8-15(21-2)17(10-13)23-4/h6-12,19-20H,1-5H3. The molecule has 0 saturated heterocycles. The lowest BCUT2D eigenvalue weighted by Gasteiger charge is -2.22. The summed E-state index contributed by atoms with van der Waals surface area (Å²) in [5, 5.41) is 10.6. The van der Waals surface area contributed by atoms with Crippen LogP contribution in [0.15, 0.2) is 36.4 Å². The molecular weight excluding hydrogens is 324 g/mol. The third-order valence-corrected chi connectivity index (χ3v) is 3.87. The minimum atomic E-state index is -0.840. The van der Waals surface area contributed by atoms with Crippen LogP contribution in [0.1, 0.15) is 18.6 Å². The van der Waals surface area contributed by atoms with Crippen LogP contribution in [0.3, 0.4) is 0 Å². The van der Waals surface area contributed by atoms with E-state index in [0.717, 1.165) is 0 Å². The fourth-order valence-corrected chi connectivity index (χ4v) is 2.48. The van der Waals surface area contributed by atoms with Gasteiger partial charge in [-0.05, 0) is 36.8 Å². The van der Waals surface area contributed by atoms with Gasteiger partial charge in [0.1, 0.15) is 18.0 Å². The molecule has 6 heteroatoms. The minimum absolute atomic E-state index is 0.490. The van der Waals surface area contributed by atoms with Crippen LogP contribution >= 0.6 is 0 Å². The molecule has 0 aliphatic carbocycles. The number of hydrogen-bond acceptors (Lipinski definition) is 6. The van der Waals surface area contributed by atoms with E-state index >= 15 is 0 Å². The quantitative estimate of drug-likeness (QED) is 0.790. The van der Waals surface area contributed by atoms with Crippen LogP contribution in [0.4, 0.5) is 0 Å². The minimum Gasteiger partial charge on any atom is -0.493 e. The largest absolute Gasteiger partial charge is 0.493 e. The van der Waals surface area contributed by atoms with Crippen molar-refractivity contribution in [3.8, 4) is 28.7 Å². The molecule has 1 N–H and O–H groups in total. The highest BCUT2D eigenvalue weighted by Gasteiger charge is 2.20. The zero-order valence-electron chi connectivity index (χ0n) is 15.1. The molecule has 0 aromatic heterocycles. The molecule has 0 saturated carbocycles. The summed E-state index contributed by atoms with van der Waals surface area (Å²) in [5.74, 6) is 2.91. The van der Waals surface area contributed by atoms with E-state index in [1.54, 1.807) is 71.8 Å². The Morgan fingerprint density at radius 2 is 1.24 bits per heavy atom. The van der Waals surface area contributed by atoms with E-state index in [0.29, 0.717) is 34.3 Å². The fourth-order valence-electron chi connectivity index (χ4n) is 2.48. The molecule has 0 radical (unpaired) electrons. The highest BCUT2D eigenvalue weighted by molar-refractivity contribution is 5.46. The summed E-state index contributed by atoms with van der Waals surface area (Å²) >= 11 is 0. The van der Waals surface area contributed by atoms with Gasteiger partial charge in [-0.15, -0.1) is 0 Å². The lowest BCUT2D eigenvalue weighted by Crippen LogP contribution is -2.21. The molecule has 136 valence electrons. The van der Waals surface area contributed by atoms with Gasteiger partial charge in [0, 0.05) is 6.07 Å². The predicted molar refractivity (Wildman–Crippen MR) is 94.1 cm³/mol. The molecule has 6 nitrogen and oxygen atoms in total. The average molecular weight is 348 g/mol. The van der Waals surface area contributed by atoms with Gasteiger partial charge in [-0.2, -0.15) is 0 Å². The van der Waals surface area contributed by atoms with Crippen molar-refractivity contribution in [3.05, 3.63) is 42.0 Å². The molecule has 0 fully saturated rings. The van der Waals surface area contributed by atoms with Crippen molar-refractivity contribution in [2.75, 3.05) is 28.4 Å². The molecule has 2 aromatic carbocycles. The van der Waals surface area contributed by atoms with Gasteiger partial charge in [0.15, 0.2) is 23.0 Å². The maximum atomic E-state index is 10.6. The van der Waals surface area contributed by atoms with Crippen LogP contribution in [-0.4, -0.2) is 39.6 Å². The number of aliphatic hydroxyl groups excluding tert-OH is 1. The van der Waals surface area contributed by atoms with Crippen molar-refractivity contribution in [2.24, 2.45) is 0 Å². The number of methoxy groups -OCH3 is 4. The second-order valence-corrected chi connectivity index (χ2v) is 5.40. The summed E-state index contributed by atoms with van der Waals surface area (Å²) in [4.78, 5) is 0. The van der Waals surface area contributed by atoms with Gasteiger partial charge >= 0.3 is 0 Å². The van der Waals surface area contributed by atoms with Crippen molar-refractivity contribution < 1.29 is 28.8 Å². The molecule has 0 bridgehead atoms. The summed E-state index contributed by atoms with van der Waals surface area (Å²) in [7, 11) is 6.25. The molecule has 0 amide bonds. The Balaban J connectivity index is 2.16. The fraction of sp³-hybridized carbons (Fsp3) is 0.368. The van der Waals surface area contributed by atoms with Crippen LogP contribution in [0.5, 0.6) is 28.7 Å². The smallest absolute Gasteiger partial charge is 0.164 e. The van der Waals surface area contributed by atoms with Gasteiger partial charge in [0.05, 0.1) is 28.4 Å². The number of rotatable bonds is 8. The van der Waals surface area contributed by atoms with Gasteiger partial charge in [0.25, 0.3) is 0 Å². The molecule has 0 spiro atoms. The summed E-state index contributed by atoms with van der Waals surface area (Å²) in [5.41, 5.74) is 0.672. The first-order valence-electron chi connectivity index (χ1n) is 7.82.